The number of aromatic amines is 1. The first kappa shape index (κ1) is 22.2. The van der Waals surface area contributed by atoms with Gasteiger partial charge in [0.1, 0.15) is 12.6 Å². The summed E-state index contributed by atoms with van der Waals surface area (Å²) < 4.78 is 11.1. The Hall–Kier alpha value is -4.05. The number of nitrogens with one attached hydrogen (secondary N) is 1. The fraction of sp³-hybridized carbons (Fsp3) is 0.370. The van der Waals surface area contributed by atoms with Gasteiger partial charge in [-0.1, -0.05) is 24.3 Å². The molecule has 2 aromatic carbocycles. The van der Waals surface area contributed by atoms with Crippen LogP contribution in [0.25, 0.3) is 10.9 Å². The maximum absolute atomic E-state index is 14.0. The zero-order valence-corrected chi connectivity index (χ0v) is 20.2. The van der Waals surface area contributed by atoms with Crippen LogP contribution in [0.4, 0.5) is 0 Å². The van der Waals surface area contributed by atoms with Crippen LogP contribution in [0.1, 0.15) is 29.3 Å². The summed E-state index contributed by atoms with van der Waals surface area (Å²) >= 11 is 0. The molecule has 0 saturated carbocycles. The second-order valence-electron chi connectivity index (χ2n) is 10.2. The molecule has 1 aromatic heterocycles. The fourth-order valence-electron chi connectivity index (χ4n) is 6.46. The lowest BCUT2D eigenvalue weighted by atomic mass is 9.85. The minimum absolute atomic E-state index is 0.0149. The van der Waals surface area contributed by atoms with Crippen molar-refractivity contribution in [1.82, 2.24) is 19.7 Å². The number of amides is 3. The Kier molecular flexibility index (Phi) is 4.94. The van der Waals surface area contributed by atoms with Gasteiger partial charge in [-0.15, -0.1) is 0 Å². The van der Waals surface area contributed by atoms with Gasteiger partial charge in [0, 0.05) is 42.1 Å². The van der Waals surface area contributed by atoms with Crippen LogP contribution in [-0.4, -0.2) is 82.5 Å². The number of primary amides is 1. The van der Waals surface area contributed by atoms with Crippen molar-refractivity contribution >= 4 is 28.6 Å². The number of rotatable bonds is 4. The van der Waals surface area contributed by atoms with Crippen molar-refractivity contribution in [3.05, 3.63) is 59.3 Å². The van der Waals surface area contributed by atoms with Crippen molar-refractivity contribution < 1.29 is 23.9 Å². The largest absolute Gasteiger partial charge is 0.454 e. The molecule has 3 amide bonds. The summed E-state index contributed by atoms with van der Waals surface area (Å²) in [5.41, 5.74) is 9.21. The van der Waals surface area contributed by atoms with Crippen LogP contribution in [0.5, 0.6) is 11.5 Å². The van der Waals surface area contributed by atoms with Gasteiger partial charge in [-0.2, -0.15) is 0 Å². The third-order valence-electron chi connectivity index (χ3n) is 8.07. The molecule has 0 unspecified atom stereocenters. The number of H-pyrrole nitrogens is 1. The number of para-hydroxylation sites is 1. The quantitative estimate of drug-likeness (QED) is 0.553. The van der Waals surface area contributed by atoms with E-state index in [0.29, 0.717) is 37.4 Å². The highest BCUT2D eigenvalue weighted by atomic mass is 16.7. The zero-order chi connectivity index (χ0) is 25.3. The molecule has 0 bridgehead atoms. The summed E-state index contributed by atoms with van der Waals surface area (Å²) in [7, 11) is 0. The maximum Gasteiger partial charge on any atom is 0.246 e. The van der Waals surface area contributed by atoms with Crippen molar-refractivity contribution in [2.24, 2.45) is 5.73 Å². The molecule has 190 valence electrons. The van der Waals surface area contributed by atoms with Crippen molar-refractivity contribution in [2.75, 3.05) is 33.0 Å². The number of carbonyl (C=O) groups excluding carboxylic acids is 3. The number of nitrogens with zero attached hydrogens (tertiary/aromatic N) is 3. The lowest BCUT2D eigenvalue weighted by Crippen LogP contribution is -2.65. The van der Waals surface area contributed by atoms with Gasteiger partial charge in [-0.25, -0.2) is 0 Å². The molecule has 4 aliphatic heterocycles. The number of fused-ring (bicyclic) bond motifs is 5. The lowest BCUT2D eigenvalue weighted by Gasteiger charge is -2.48. The number of piperazine rings is 1. The van der Waals surface area contributed by atoms with Crippen LogP contribution in [0.15, 0.2) is 42.5 Å². The van der Waals surface area contributed by atoms with Crippen LogP contribution in [0.3, 0.4) is 0 Å². The van der Waals surface area contributed by atoms with E-state index in [1.54, 1.807) is 9.80 Å². The van der Waals surface area contributed by atoms with Gasteiger partial charge < -0.3 is 30.0 Å². The predicted octanol–water partition coefficient (Wildman–Crippen LogP) is 1.14. The van der Waals surface area contributed by atoms with Crippen LogP contribution in [0, 0.1) is 0 Å². The summed E-state index contributed by atoms with van der Waals surface area (Å²) in [5, 5.41) is 1.06. The van der Waals surface area contributed by atoms with Crippen molar-refractivity contribution in [3.8, 4) is 11.5 Å². The average Bonchev–Trinajstić information content (AvgIpc) is 3.62. The first-order chi connectivity index (χ1) is 18.0. The second-order valence-corrected chi connectivity index (χ2v) is 10.2. The van der Waals surface area contributed by atoms with E-state index in [1.165, 1.54) is 0 Å². The van der Waals surface area contributed by atoms with Crippen LogP contribution < -0.4 is 15.2 Å². The third-order valence-corrected chi connectivity index (χ3v) is 8.07. The highest BCUT2D eigenvalue weighted by Crippen LogP contribution is 2.45. The first-order valence-electron chi connectivity index (χ1n) is 12.6. The van der Waals surface area contributed by atoms with Crippen LogP contribution in [0.2, 0.25) is 0 Å². The summed E-state index contributed by atoms with van der Waals surface area (Å²) in [6, 6.07) is 12.6. The molecule has 4 aliphatic rings. The van der Waals surface area contributed by atoms with Crippen LogP contribution >= 0.6 is 0 Å². The minimum atomic E-state index is -0.617. The third kappa shape index (κ3) is 3.46. The van der Waals surface area contributed by atoms with E-state index in [1.807, 2.05) is 41.3 Å². The van der Waals surface area contributed by atoms with Gasteiger partial charge in [0.05, 0.1) is 12.6 Å². The normalized spacial score (nSPS) is 25.0. The van der Waals surface area contributed by atoms with Gasteiger partial charge in [0.25, 0.3) is 0 Å². The standard InChI is InChI=1S/C27H27N5O5/c28-23(33)12-30-8-7-16(11-30)31-13-24(34)32-20(27(31)35)10-18-17-3-1-2-4-19(17)29-25(18)26(32)15-5-6-21-22(9-15)37-14-36-21/h1-6,9,16,20,26,29H,7-8,10-14H2,(H2,28,33)/t16-,20-,26-/m1/s1. The maximum atomic E-state index is 14.0. The number of aromatic nitrogens is 1. The molecule has 7 rings (SSSR count). The summed E-state index contributed by atoms with van der Waals surface area (Å²) in [6.07, 6.45) is 1.15. The summed E-state index contributed by atoms with van der Waals surface area (Å²) in [4.78, 5) is 48.2. The summed E-state index contributed by atoms with van der Waals surface area (Å²) in [5.74, 6) is 0.771. The molecule has 2 fully saturated rings. The SMILES string of the molecule is NC(=O)CN1CC[C@@H](N2CC(=O)N3[C@H](c4ccc5c(c4)OCO5)c4[nH]c5ccccc5c4C[C@@H]3C2=O)C1. The first-order valence-corrected chi connectivity index (χ1v) is 12.6. The Balaban J connectivity index is 1.29. The number of hydrogen-bond donors (Lipinski definition) is 2. The van der Waals surface area contributed by atoms with E-state index < -0.39 is 18.0 Å². The van der Waals surface area contributed by atoms with E-state index in [4.69, 9.17) is 15.2 Å². The molecular formula is C27H27N5O5. The Morgan fingerprint density at radius 1 is 1.11 bits per heavy atom. The number of benzene rings is 2. The van der Waals surface area contributed by atoms with Gasteiger partial charge in [-0.05, 0) is 35.7 Å². The second kappa shape index (κ2) is 8.24. The Labute approximate surface area is 212 Å². The van der Waals surface area contributed by atoms with E-state index >= 15 is 0 Å². The molecule has 3 aromatic rings. The minimum Gasteiger partial charge on any atom is -0.454 e. The molecular weight excluding hydrogens is 474 g/mol. The monoisotopic (exact) mass is 501 g/mol. The number of hydrogen-bond acceptors (Lipinski definition) is 6. The number of ether oxygens (including phenoxy) is 2. The molecule has 10 heteroatoms. The lowest BCUT2D eigenvalue weighted by molar-refractivity contribution is -0.160. The molecule has 10 nitrogen and oxygen atoms in total. The molecule has 0 radical (unpaired) electrons. The van der Waals surface area contributed by atoms with Gasteiger partial charge in [-0.3, -0.25) is 19.3 Å². The molecule has 3 atom stereocenters. The number of carbonyl (C=O) groups is 3. The van der Waals surface area contributed by atoms with Gasteiger partial charge in [0.15, 0.2) is 11.5 Å². The summed E-state index contributed by atoms with van der Waals surface area (Å²) in [6.45, 7) is 1.55. The molecule has 2 saturated heterocycles. The van der Waals surface area contributed by atoms with Crippen molar-refractivity contribution in [2.45, 2.75) is 31.0 Å². The molecule has 0 spiro atoms. The van der Waals surface area contributed by atoms with E-state index in [9.17, 15) is 14.4 Å². The molecule has 5 heterocycles. The van der Waals surface area contributed by atoms with Crippen molar-refractivity contribution in [1.29, 1.82) is 0 Å². The molecule has 3 N–H and O–H groups in total. The Morgan fingerprint density at radius 2 is 1.95 bits per heavy atom. The average molecular weight is 502 g/mol. The zero-order valence-electron chi connectivity index (χ0n) is 20.2. The molecule has 37 heavy (non-hydrogen) atoms. The molecule has 0 aliphatic carbocycles. The fourth-order valence-corrected chi connectivity index (χ4v) is 6.46. The van der Waals surface area contributed by atoms with Gasteiger partial charge >= 0.3 is 0 Å². The van der Waals surface area contributed by atoms with Gasteiger partial charge in [0.2, 0.25) is 24.5 Å². The van der Waals surface area contributed by atoms with E-state index in [0.717, 1.165) is 27.7 Å². The Bertz CT molecular complexity index is 1450. The van der Waals surface area contributed by atoms with E-state index in [-0.39, 0.29) is 37.7 Å². The van der Waals surface area contributed by atoms with Crippen molar-refractivity contribution in [3.63, 3.8) is 0 Å². The van der Waals surface area contributed by atoms with Crippen LogP contribution in [-0.2, 0) is 20.8 Å². The smallest absolute Gasteiger partial charge is 0.246 e. The topological polar surface area (TPSA) is 121 Å². The Morgan fingerprint density at radius 3 is 2.81 bits per heavy atom. The van der Waals surface area contributed by atoms with E-state index in [2.05, 4.69) is 11.1 Å². The number of nitrogens with two attached hydrogens (primary N) is 1. The predicted molar refractivity (Wildman–Crippen MR) is 133 cm³/mol. The number of likely N-dealkylation sites (tertiary alicyclic amines) is 1. The highest BCUT2D eigenvalue weighted by molar-refractivity contribution is 5.98. The highest BCUT2D eigenvalue weighted by Gasteiger charge is 2.50.